The smallest absolute Gasteiger partial charge is 0.255 e. The first kappa shape index (κ1) is 18.4. The zero-order valence-corrected chi connectivity index (χ0v) is 17.2. The molecule has 1 fully saturated rings. The lowest BCUT2D eigenvalue weighted by atomic mass is 10.1. The van der Waals surface area contributed by atoms with Gasteiger partial charge in [-0.15, -0.1) is 0 Å². The predicted molar refractivity (Wildman–Crippen MR) is 114 cm³/mol. The van der Waals surface area contributed by atoms with Gasteiger partial charge in [0.2, 0.25) is 5.95 Å². The Balaban J connectivity index is 1.43. The Bertz CT molecular complexity index is 1090. The normalized spacial score (nSPS) is 17.4. The highest BCUT2D eigenvalue weighted by Crippen LogP contribution is 2.24. The van der Waals surface area contributed by atoms with Gasteiger partial charge in [0, 0.05) is 37.8 Å². The van der Waals surface area contributed by atoms with Crippen LogP contribution in [0.4, 0.5) is 5.95 Å². The van der Waals surface area contributed by atoms with Gasteiger partial charge in [0.15, 0.2) is 0 Å². The minimum atomic E-state index is 0.0333. The number of anilines is 1. The molecule has 1 saturated heterocycles. The first-order valence-electron chi connectivity index (χ1n) is 10.7. The second-order valence-electron chi connectivity index (χ2n) is 8.45. The van der Waals surface area contributed by atoms with Gasteiger partial charge in [0.05, 0.1) is 23.3 Å². The van der Waals surface area contributed by atoms with Crippen molar-refractivity contribution in [1.82, 2.24) is 24.4 Å². The summed E-state index contributed by atoms with van der Waals surface area (Å²) in [6.45, 7) is 8.66. The summed E-state index contributed by atoms with van der Waals surface area (Å²) in [6, 6.07) is 8.67. The molecule has 0 amide bonds. The number of rotatable bonds is 4. The summed E-state index contributed by atoms with van der Waals surface area (Å²) in [5, 5.41) is 0. The molecule has 0 atom stereocenters. The molecule has 1 N–H and O–H groups in total. The van der Waals surface area contributed by atoms with Crippen LogP contribution in [0.5, 0.6) is 0 Å². The lowest BCUT2D eigenvalue weighted by molar-refractivity contribution is 0.230. The number of aromatic amines is 1. The van der Waals surface area contributed by atoms with Gasteiger partial charge in [-0.2, -0.15) is 0 Å². The molecule has 3 aromatic rings. The summed E-state index contributed by atoms with van der Waals surface area (Å²) in [7, 11) is 0. The van der Waals surface area contributed by atoms with Crippen molar-refractivity contribution in [1.29, 1.82) is 0 Å². The molecular formula is C22H28N6O. The van der Waals surface area contributed by atoms with E-state index in [1.54, 1.807) is 0 Å². The van der Waals surface area contributed by atoms with Crippen molar-refractivity contribution in [3.8, 4) is 0 Å². The molecule has 2 aliphatic rings. The van der Waals surface area contributed by atoms with E-state index in [1.807, 2.05) is 6.07 Å². The maximum Gasteiger partial charge on any atom is 0.255 e. The standard InChI is InChI=1S/C22H28N6O/c1-15(2)28-19-8-4-3-7-17(19)23-20(28)14-26-12-9-16-18(13-26)24-22(25-21(16)29)27-10-5-6-11-27/h3-4,7-8,15H,5-6,9-14H2,1-2H3,(H,24,25,29). The van der Waals surface area contributed by atoms with E-state index in [0.717, 1.165) is 61.1 Å². The second kappa shape index (κ2) is 7.30. The molecule has 7 heteroatoms. The highest BCUT2D eigenvalue weighted by atomic mass is 16.1. The molecule has 0 unspecified atom stereocenters. The van der Waals surface area contributed by atoms with E-state index in [0.29, 0.717) is 12.6 Å². The molecule has 2 aromatic heterocycles. The fourth-order valence-corrected chi connectivity index (χ4v) is 4.68. The van der Waals surface area contributed by atoms with E-state index in [2.05, 4.69) is 51.4 Å². The molecule has 0 bridgehead atoms. The van der Waals surface area contributed by atoms with Crippen molar-refractivity contribution in [2.75, 3.05) is 24.5 Å². The fourth-order valence-electron chi connectivity index (χ4n) is 4.68. The summed E-state index contributed by atoms with van der Waals surface area (Å²) >= 11 is 0. The van der Waals surface area contributed by atoms with Crippen molar-refractivity contribution in [3.63, 3.8) is 0 Å². The molecule has 1 aromatic carbocycles. The predicted octanol–water partition coefficient (Wildman–Crippen LogP) is 2.86. The highest BCUT2D eigenvalue weighted by molar-refractivity contribution is 5.76. The van der Waals surface area contributed by atoms with E-state index >= 15 is 0 Å². The lowest BCUT2D eigenvalue weighted by Gasteiger charge is -2.28. The van der Waals surface area contributed by atoms with E-state index < -0.39 is 0 Å². The van der Waals surface area contributed by atoms with Gasteiger partial charge in [0.1, 0.15) is 5.82 Å². The number of para-hydroxylation sites is 2. The van der Waals surface area contributed by atoms with E-state index in [4.69, 9.17) is 9.97 Å². The Hall–Kier alpha value is -2.67. The molecule has 7 nitrogen and oxygen atoms in total. The Morgan fingerprint density at radius 2 is 1.90 bits per heavy atom. The third kappa shape index (κ3) is 3.33. The lowest BCUT2D eigenvalue weighted by Crippen LogP contribution is -2.37. The Kier molecular flexibility index (Phi) is 4.62. The van der Waals surface area contributed by atoms with Crippen LogP contribution in [0.2, 0.25) is 0 Å². The molecule has 2 aliphatic heterocycles. The van der Waals surface area contributed by atoms with Crippen molar-refractivity contribution in [2.24, 2.45) is 0 Å². The zero-order valence-electron chi connectivity index (χ0n) is 17.2. The summed E-state index contributed by atoms with van der Waals surface area (Å²) in [4.78, 5) is 29.9. The number of H-pyrrole nitrogens is 1. The topological polar surface area (TPSA) is 70.1 Å². The molecule has 152 valence electrons. The van der Waals surface area contributed by atoms with Gasteiger partial charge in [0.25, 0.3) is 5.56 Å². The maximum atomic E-state index is 12.6. The summed E-state index contributed by atoms with van der Waals surface area (Å²) < 4.78 is 2.33. The zero-order chi connectivity index (χ0) is 20.0. The molecule has 0 aliphatic carbocycles. The summed E-state index contributed by atoms with van der Waals surface area (Å²) in [5.74, 6) is 1.82. The number of nitrogens with zero attached hydrogens (tertiary/aromatic N) is 5. The summed E-state index contributed by atoms with van der Waals surface area (Å²) in [6.07, 6.45) is 3.07. The van der Waals surface area contributed by atoms with Gasteiger partial charge in [-0.3, -0.25) is 14.7 Å². The first-order chi connectivity index (χ1) is 14.1. The van der Waals surface area contributed by atoms with E-state index in [-0.39, 0.29) is 5.56 Å². The SMILES string of the molecule is CC(C)n1c(CN2CCc3c(nc(N4CCCC4)[nH]c3=O)C2)nc2ccccc21. The number of hydrogen-bond donors (Lipinski definition) is 1. The largest absolute Gasteiger partial charge is 0.342 e. The van der Waals surface area contributed by atoms with Crippen molar-refractivity contribution < 1.29 is 0 Å². The number of benzene rings is 1. The number of hydrogen-bond acceptors (Lipinski definition) is 5. The van der Waals surface area contributed by atoms with Crippen molar-refractivity contribution >= 4 is 17.0 Å². The average molecular weight is 393 g/mol. The molecule has 0 radical (unpaired) electrons. The molecule has 5 rings (SSSR count). The van der Waals surface area contributed by atoms with Crippen molar-refractivity contribution in [2.45, 2.75) is 52.2 Å². The maximum absolute atomic E-state index is 12.6. The average Bonchev–Trinajstić information content (AvgIpc) is 3.35. The third-order valence-electron chi connectivity index (χ3n) is 6.10. The van der Waals surface area contributed by atoms with Crippen LogP contribution in [-0.4, -0.2) is 44.1 Å². The first-order valence-corrected chi connectivity index (χ1v) is 10.7. The number of aromatic nitrogens is 4. The monoisotopic (exact) mass is 392 g/mol. The molecule has 0 spiro atoms. The van der Waals surface area contributed by atoms with Crippen LogP contribution < -0.4 is 10.5 Å². The number of imidazole rings is 1. The quantitative estimate of drug-likeness (QED) is 0.739. The molecule has 29 heavy (non-hydrogen) atoms. The Morgan fingerprint density at radius 1 is 1.10 bits per heavy atom. The van der Waals surface area contributed by atoms with Crippen LogP contribution >= 0.6 is 0 Å². The Morgan fingerprint density at radius 3 is 2.69 bits per heavy atom. The fraction of sp³-hybridized carbons (Fsp3) is 0.500. The van der Waals surface area contributed by atoms with Crippen LogP contribution in [0.1, 0.15) is 49.8 Å². The second-order valence-corrected chi connectivity index (χ2v) is 8.45. The van der Waals surface area contributed by atoms with Gasteiger partial charge in [-0.25, -0.2) is 9.97 Å². The highest BCUT2D eigenvalue weighted by Gasteiger charge is 2.25. The van der Waals surface area contributed by atoms with Crippen LogP contribution in [-0.2, 0) is 19.5 Å². The third-order valence-corrected chi connectivity index (χ3v) is 6.10. The van der Waals surface area contributed by atoms with Crippen molar-refractivity contribution in [3.05, 3.63) is 51.7 Å². The number of nitrogens with one attached hydrogen (secondary N) is 1. The van der Waals surface area contributed by atoms with Gasteiger partial charge >= 0.3 is 0 Å². The molecule has 4 heterocycles. The van der Waals surface area contributed by atoms with Gasteiger partial charge in [-0.05, 0) is 45.2 Å². The molecular weight excluding hydrogens is 364 g/mol. The molecule has 0 saturated carbocycles. The summed E-state index contributed by atoms with van der Waals surface area (Å²) in [5.41, 5.74) is 4.03. The minimum Gasteiger partial charge on any atom is -0.342 e. The van der Waals surface area contributed by atoms with Gasteiger partial charge < -0.3 is 9.47 Å². The number of fused-ring (bicyclic) bond motifs is 2. The Labute approximate surface area is 170 Å². The van der Waals surface area contributed by atoms with E-state index in [9.17, 15) is 4.79 Å². The van der Waals surface area contributed by atoms with Crippen LogP contribution in [0.3, 0.4) is 0 Å². The van der Waals surface area contributed by atoms with Crippen LogP contribution in [0.15, 0.2) is 29.1 Å². The van der Waals surface area contributed by atoms with Crippen LogP contribution in [0.25, 0.3) is 11.0 Å². The van der Waals surface area contributed by atoms with Crippen LogP contribution in [0, 0.1) is 0 Å². The minimum absolute atomic E-state index is 0.0333. The van der Waals surface area contributed by atoms with Gasteiger partial charge in [-0.1, -0.05) is 12.1 Å². The van der Waals surface area contributed by atoms with E-state index in [1.165, 1.54) is 18.4 Å².